The third-order valence-electron chi connectivity index (χ3n) is 5.24. The van der Waals surface area contributed by atoms with E-state index in [-0.39, 0.29) is 0 Å². The third-order valence-corrected chi connectivity index (χ3v) is 5.24. The molecule has 0 atom stereocenters. The molecule has 0 bridgehead atoms. The van der Waals surface area contributed by atoms with E-state index in [0.29, 0.717) is 23.0 Å². The van der Waals surface area contributed by atoms with Gasteiger partial charge in [0.05, 0.1) is 11.0 Å². The second kappa shape index (κ2) is 8.51. The van der Waals surface area contributed by atoms with Crippen molar-refractivity contribution in [2.24, 2.45) is 0 Å². The first-order valence-corrected chi connectivity index (χ1v) is 10.6. The summed E-state index contributed by atoms with van der Waals surface area (Å²) >= 11 is 0. The lowest BCUT2D eigenvalue weighted by atomic mass is 10.2. The summed E-state index contributed by atoms with van der Waals surface area (Å²) in [4.78, 5) is 12.1. The van der Waals surface area contributed by atoms with Gasteiger partial charge in [-0.1, -0.05) is 12.1 Å². The summed E-state index contributed by atoms with van der Waals surface area (Å²) < 4.78 is 5.64. The quantitative estimate of drug-likeness (QED) is 0.231. The molecule has 8 heteroatoms. The van der Waals surface area contributed by atoms with Crippen molar-refractivity contribution in [1.82, 2.24) is 15.0 Å². The zero-order chi connectivity index (χ0) is 23.7. The standard InChI is InChI=1S/C13H12N4.C13H11N3O/c14-9-3-1-2-8(6-9)13-16-11-5-4-10(15)7-12(11)17-13;14-9-3-1-8(2-4-9)13-16-11-7-10(15)5-6-12(11)17-13/h1-7H,14-15H2,(H,16,17);1-7H,14-15H2. The highest BCUT2D eigenvalue weighted by Crippen LogP contribution is 2.26. The fraction of sp³-hybridized carbons (Fsp3) is 0. The van der Waals surface area contributed by atoms with Gasteiger partial charge in [0.15, 0.2) is 5.58 Å². The van der Waals surface area contributed by atoms with E-state index in [0.717, 1.165) is 44.8 Å². The number of nitrogens with one attached hydrogen (secondary N) is 1. The molecule has 0 fully saturated rings. The molecular weight excluding hydrogens is 426 g/mol. The number of imidazole rings is 1. The predicted octanol–water partition coefficient (Wildman–Crippen LogP) is 5.05. The van der Waals surface area contributed by atoms with Crippen molar-refractivity contribution in [2.75, 3.05) is 22.9 Å². The fourth-order valence-corrected chi connectivity index (χ4v) is 3.54. The van der Waals surface area contributed by atoms with Gasteiger partial charge in [-0.05, 0) is 72.8 Å². The minimum atomic E-state index is 0.575. The average Bonchev–Trinajstić information content (AvgIpc) is 3.43. The van der Waals surface area contributed by atoms with Crippen molar-refractivity contribution >= 4 is 44.9 Å². The Balaban J connectivity index is 0.000000142. The molecule has 8 nitrogen and oxygen atoms in total. The van der Waals surface area contributed by atoms with Crippen LogP contribution in [0.2, 0.25) is 0 Å². The van der Waals surface area contributed by atoms with Crippen LogP contribution in [0.5, 0.6) is 0 Å². The van der Waals surface area contributed by atoms with Gasteiger partial charge < -0.3 is 32.3 Å². The van der Waals surface area contributed by atoms with Gasteiger partial charge >= 0.3 is 0 Å². The first-order valence-electron chi connectivity index (χ1n) is 10.6. The smallest absolute Gasteiger partial charge is 0.227 e. The highest BCUT2D eigenvalue weighted by molar-refractivity contribution is 5.82. The van der Waals surface area contributed by atoms with E-state index in [1.807, 2.05) is 72.8 Å². The Morgan fingerprint density at radius 2 is 1.26 bits per heavy atom. The number of nitrogens with zero attached hydrogens (tertiary/aromatic N) is 2. The molecule has 168 valence electrons. The molecule has 0 aliphatic carbocycles. The van der Waals surface area contributed by atoms with Crippen LogP contribution in [0.15, 0.2) is 89.3 Å². The SMILES string of the molecule is Nc1ccc(-c2nc3cc(N)ccc3o2)cc1.Nc1cccc(-c2nc3cc(N)ccc3[nH]2)c1. The predicted molar refractivity (Wildman–Crippen MR) is 139 cm³/mol. The van der Waals surface area contributed by atoms with E-state index < -0.39 is 0 Å². The molecule has 9 N–H and O–H groups in total. The average molecular weight is 450 g/mol. The molecule has 6 rings (SSSR count). The Labute approximate surface area is 195 Å². The van der Waals surface area contributed by atoms with Gasteiger partial charge in [0.25, 0.3) is 0 Å². The van der Waals surface area contributed by atoms with Crippen molar-refractivity contribution in [3.63, 3.8) is 0 Å². The number of benzene rings is 4. The third kappa shape index (κ3) is 4.33. The number of hydrogen-bond acceptors (Lipinski definition) is 7. The lowest BCUT2D eigenvalue weighted by molar-refractivity contribution is 0.620. The fourth-order valence-electron chi connectivity index (χ4n) is 3.54. The number of rotatable bonds is 2. The molecule has 0 amide bonds. The highest BCUT2D eigenvalue weighted by Gasteiger charge is 2.08. The Morgan fingerprint density at radius 3 is 2.03 bits per heavy atom. The maximum absolute atomic E-state index is 5.75. The number of aromatic nitrogens is 3. The topological polar surface area (TPSA) is 159 Å². The summed E-state index contributed by atoms with van der Waals surface area (Å²) in [6.45, 7) is 0. The van der Waals surface area contributed by atoms with Crippen molar-refractivity contribution in [3.05, 3.63) is 84.9 Å². The molecule has 0 saturated carbocycles. The van der Waals surface area contributed by atoms with Crippen LogP contribution in [0.4, 0.5) is 22.7 Å². The molecule has 0 aliphatic rings. The van der Waals surface area contributed by atoms with Crippen molar-refractivity contribution in [2.45, 2.75) is 0 Å². The minimum Gasteiger partial charge on any atom is -0.436 e. The van der Waals surface area contributed by atoms with E-state index in [2.05, 4.69) is 15.0 Å². The zero-order valence-electron chi connectivity index (χ0n) is 18.2. The molecule has 4 aromatic carbocycles. The maximum Gasteiger partial charge on any atom is 0.227 e. The number of oxazole rings is 1. The van der Waals surface area contributed by atoms with Crippen LogP contribution in [-0.4, -0.2) is 15.0 Å². The number of anilines is 4. The maximum atomic E-state index is 5.75. The summed E-state index contributed by atoms with van der Waals surface area (Å²) in [5.74, 6) is 1.38. The van der Waals surface area contributed by atoms with Gasteiger partial charge in [0.1, 0.15) is 11.3 Å². The molecule has 6 aromatic rings. The molecule has 2 aromatic heterocycles. The number of fused-ring (bicyclic) bond motifs is 2. The Hall–Kier alpha value is -4.98. The molecular formula is C26H23N7O. The van der Waals surface area contributed by atoms with Crippen LogP contribution in [-0.2, 0) is 0 Å². The zero-order valence-corrected chi connectivity index (χ0v) is 18.2. The van der Waals surface area contributed by atoms with Gasteiger partial charge in [-0.3, -0.25) is 0 Å². The van der Waals surface area contributed by atoms with Crippen molar-refractivity contribution < 1.29 is 4.42 Å². The van der Waals surface area contributed by atoms with Gasteiger partial charge in [-0.25, -0.2) is 9.97 Å². The number of nitrogen functional groups attached to an aromatic ring is 4. The molecule has 34 heavy (non-hydrogen) atoms. The molecule has 0 radical (unpaired) electrons. The number of aromatic amines is 1. The molecule has 0 spiro atoms. The lowest BCUT2D eigenvalue weighted by Gasteiger charge is -1.97. The minimum absolute atomic E-state index is 0.575. The second-order valence-electron chi connectivity index (χ2n) is 7.86. The summed E-state index contributed by atoms with van der Waals surface area (Å²) in [5.41, 5.74) is 30.8. The Kier molecular flexibility index (Phi) is 5.23. The van der Waals surface area contributed by atoms with Gasteiger partial charge in [0, 0.05) is 33.9 Å². The van der Waals surface area contributed by atoms with Crippen LogP contribution in [0.1, 0.15) is 0 Å². The molecule has 0 saturated heterocycles. The lowest BCUT2D eigenvalue weighted by Crippen LogP contribution is -1.86. The van der Waals surface area contributed by atoms with Crippen molar-refractivity contribution in [1.29, 1.82) is 0 Å². The molecule has 0 aliphatic heterocycles. The van der Waals surface area contributed by atoms with Gasteiger partial charge in [-0.2, -0.15) is 0 Å². The second-order valence-corrected chi connectivity index (χ2v) is 7.86. The van der Waals surface area contributed by atoms with Crippen molar-refractivity contribution in [3.8, 4) is 22.8 Å². The van der Waals surface area contributed by atoms with Gasteiger partial charge in [-0.15, -0.1) is 0 Å². The van der Waals surface area contributed by atoms with Crippen LogP contribution in [0.3, 0.4) is 0 Å². The largest absolute Gasteiger partial charge is 0.436 e. The van der Waals surface area contributed by atoms with Crippen LogP contribution < -0.4 is 22.9 Å². The number of nitrogens with two attached hydrogens (primary N) is 4. The first-order chi connectivity index (χ1) is 16.4. The monoisotopic (exact) mass is 449 g/mol. The van der Waals surface area contributed by atoms with Crippen LogP contribution >= 0.6 is 0 Å². The number of H-pyrrole nitrogens is 1. The van der Waals surface area contributed by atoms with Gasteiger partial charge in [0.2, 0.25) is 5.89 Å². The Morgan fingerprint density at radius 1 is 0.588 bits per heavy atom. The van der Waals surface area contributed by atoms with Crippen LogP contribution in [0.25, 0.3) is 45.0 Å². The summed E-state index contributed by atoms with van der Waals surface area (Å²) in [5, 5.41) is 0. The Bertz CT molecular complexity index is 1600. The van der Waals surface area contributed by atoms with E-state index in [1.54, 1.807) is 12.1 Å². The first kappa shape index (κ1) is 20.9. The summed E-state index contributed by atoms with van der Waals surface area (Å²) in [7, 11) is 0. The number of hydrogen-bond donors (Lipinski definition) is 5. The van der Waals surface area contributed by atoms with E-state index in [1.165, 1.54) is 0 Å². The normalized spacial score (nSPS) is 10.8. The summed E-state index contributed by atoms with van der Waals surface area (Å²) in [6.07, 6.45) is 0. The molecule has 2 heterocycles. The highest BCUT2D eigenvalue weighted by atomic mass is 16.3. The van der Waals surface area contributed by atoms with E-state index >= 15 is 0 Å². The van der Waals surface area contributed by atoms with E-state index in [4.69, 9.17) is 27.4 Å². The summed E-state index contributed by atoms with van der Waals surface area (Å²) in [6, 6.07) is 26.0. The molecule has 0 unspecified atom stereocenters. The van der Waals surface area contributed by atoms with E-state index in [9.17, 15) is 0 Å². The van der Waals surface area contributed by atoms with Crippen LogP contribution in [0, 0.1) is 0 Å².